The van der Waals surface area contributed by atoms with Gasteiger partial charge < -0.3 is 18.7 Å². The Morgan fingerprint density at radius 1 is 1.03 bits per heavy atom. The van der Waals surface area contributed by atoms with Crippen LogP contribution in [-0.2, 0) is 11.3 Å². The van der Waals surface area contributed by atoms with Crippen molar-refractivity contribution >= 4 is 22.6 Å². The molecule has 0 saturated carbocycles. The number of ether oxygens (including phenoxy) is 1. The van der Waals surface area contributed by atoms with E-state index in [4.69, 9.17) is 9.26 Å². The lowest BCUT2D eigenvalue weighted by Crippen LogP contribution is -2.30. The lowest BCUT2D eigenvalue weighted by Gasteiger charge is -2.19. The molecular weight excluding hydrogens is 458 g/mol. The predicted molar refractivity (Wildman–Crippen MR) is 136 cm³/mol. The fraction of sp³-hybridized carbons (Fsp3) is 0.148. The molecule has 2 aromatic carbocycles. The number of pyridine rings is 2. The summed E-state index contributed by atoms with van der Waals surface area (Å²) < 4.78 is 12.3. The molecule has 0 radical (unpaired) electrons. The van der Waals surface area contributed by atoms with Gasteiger partial charge in [0.05, 0.1) is 12.5 Å². The van der Waals surface area contributed by atoms with E-state index >= 15 is 0 Å². The number of methoxy groups -OCH3 is 1. The van der Waals surface area contributed by atoms with E-state index in [9.17, 15) is 9.59 Å². The fourth-order valence-electron chi connectivity index (χ4n) is 3.87. The number of benzene rings is 2. The Bertz CT molecular complexity index is 1610. The maximum atomic E-state index is 13.4. The fourth-order valence-corrected chi connectivity index (χ4v) is 3.87. The molecule has 0 aliphatic carbocycles. The van der Waals surface area contributed by atoms with E-state index < -0.39 is 0 Å². The number of aromatic nitrogens is 4. The Morgan fingerprint density at radius 2 is 1.78 bits per heavy atom. The molecule has 0 spiro atoms. The van der Waals surface area contributed by atoms with Crippen molar-refractivity contribution in [1.29, 1.82) is 0 Å². The number of hydrogen-bond acceptors (Lipinski definition) is 7. The van der Waals surface area contributed by atoms with Gasteiger partial charge in [0, 0.05) is 30.2 Å². The Morgan fingerprint density at radius 3 is 2.50 bits per heavy atom. The molecule has 36 heavy (non-hydrogen) atoms. The van der Waals surface area contributed by atoms with Gasteiger partial charge in [0.25, 0.3) is 5.89 Å². The van der Waals surface area contributed by atoms with Gasteiger partial charge in [-0.05, 0) is 55.5 Å². The van der Waals surface area contributed by atoms with Gasteiger partial charge in [0.15, 0.2) is 0 Å². The molecule has 0 N–H and O–H groups in total. The van der Waals surface area contributed by atoms with E-state index in [2.05, 4.69) is 15.1 Å². The smallest absolute Gasteiger partial charge is 0.263 e. The van der Waals surface area contributed by atoms with Crippen LogP contribution in [0.15, 0.2) is 82.2 Å². The number of amides is 1. The minimum absolute atomic E-state index is 0.0366. The van der Waals surface area contributed by atoms with E-state index in [1.54, 1.807) is 66.2 Å². The number of rotatable bonds is 6. The quantitative estimate of drug-likeness (QED) is 0.360. The van der Waals surface area contributed by atoms with E-state index in [0.717, 1.165) is 11.4 Å². The van der Waals surface area contributed by atoms with Crippen LogP contribution in [0.5, 0.6) is 5.75 Å². The van der Waals surface area contributed by atoms with Crippen molar-refractivity contribution in [2.24, 2.45) is 0 Å². The summed E-state index contributed by atoms with van der Waals surface area (Å²) in [7, 11) is 3.30. The summed E-state index contributed by atoms with van der Waals surface area (Å²) >= 11 is 0. The molecule has 5 aromatic rings. The van der Waals surface area contributed by atoms with Gasteiger partial charge in [0.2, 0.25) is 17.2 Å². The van der Waals surface area contributed by atoms with Crippen LogP contribution in [0.3, 0.4) is 0 Å². The van der Waals surface area contributed by atoms with Gasteiger partial charge in [-0.15, -0.1) is 0 Å². The molecule has 180 valence electrons. The Labute approximate surface area is 206 Å². The van der Waals surface area contributed by atoms with Crippen molar-refractivity contribution in [3.63, 3.8) is 0 Å². The average Bonchev–Trinajstić information content (AvgIpc) is 3.40. The first-order valence-electron chi connectivity index (χ1n) is 11.3. The summed E-state index contributed by atoms with van der Waals surface area (Å²) in [5.41, 5.74) is 2.50. The molecule has 0 atom stereocenters. The number of hydrogen-bond donors (Lipinski definition) is 0. The van der Waals surface area contributed by atoms with Crippen LogP contribution in [0.25, 0.3) is 33.9 Å². The molecule has 1 amide bonds. The summed E-state index contributed by atoms with van der Waals surface area (Å²) in [5.74, 6) is 0.921. The van der Waals surface area contributed by atoms with Gasteiger partial charge in [-0.2, -0.15) is 4.98 Å². The zero-order valence-corrected chi connectivity index (χ0v) is 20.0. The zero-order chi connectivity index (χ0) is 25.2. The molecule has 0 aliphatic heterocycles. The van der Waals surface area contributed by atoms with Gasteiger partial charge in [-0.1, -0.05) is 23.4 Å². The Hall–Kier alpha value is -4.79. The van der Waals surface area contributed by atoms with Gasteiger partial charge in [0.1, 0.15) is 23.5 Å². The largest absolute Gasteiger partial charge is 0.497 e. The number of carbonyl (C=O) groups excluding carboxylic acids is 1. The van der Waals surface area contributed by atoms with Crippen LogP contribution < -0.4 is 15.1 Å². The van der Waals surface area contributed by atoms with Crippen LogP contribution in [0.2, 0.25) is 0 Å². The maximum Gasteiger partial charge on any atom is 0.263 e. The van der Waals surface area contributed by atoms with Crippen molar-refractivity contribution in [3.05, 3.63) is 88.8 Å². The SMILES string of the molecule is COc1ccc(-c2noc(-c3cn(CC(=O)N(C)c4ccccc4)c4nc(C)ccc4c3=O)n2)cc1. The van der Waals surface area contributed by atoms with Crippen molar-refractivity contribution in [3.8, 4) is 28.6 Å². The van der Waals surface area contributed by atoms with Crippen LogP contribution in [0, 0.1) is 6.92 Å². The van der Waals surface area contributed by atoms with Gasteiger partial charge in [-0.25, -0.2) is 4.98 Å². The summed E-state index contributed by atoms with van der Waals surface area (Å²) in [6.45, 7) is 1.80. The maximum absolute atomic E-state index is 13.4. The van der Waals surface area contributed by atoms with Crippen LogP contribution in [0.1, 0.15) is 5.69 Å². The van der Waals surface area contributed by atoms with Gasteiger partial charge >= 0.3 is 0 Å². The molecule has 0 saturated heterocycles. The third-order valence-electron chi connectivity index (χ3n) is 5.89. The van der Waals surface area contributed by atoms with Crippen molar-refractivity contribution in [2.75, 3.05) is 19.1 Å². The highest BCUT2D eigenvalue weighted by molar-refractivity contribution is 5.93. The minimum atomic E-state index is -0.303. The molecule has 0 aliphatic rings. The highest BCUT2D eigenvalue weighted by Crippen LogP contribution is 2.24. The molecular formula is C27H23N5O4. The number of carbonyl (C=O) groups is 1. The van der Waals surface area contributed by atoms with Crippen molar-refractivity contribution < 1.29 is 14.1 Å². The number of nitrogens with zero attached hydrogens (tertiary/aromatic N) is 5. The number of fused-ring (bicyclic) bond motifs is 1. The number of anilines is 1. The molecule has 0 unspecified atom stereocenters. The molecule has 0 fully saturated rings. The third-order valence-corrected chi connectivity index (χ3v) is 5.89. The first-order valence-corrected chi connectivity index (χ1v) is 11.3. The molecule has 9 nitrogen and oxygen atoms in total. The second kappa shape index (κ2) is 9.46. The van der Waals surface area contributed by atoms with E-state index in [0.29, 0.717) is 28.2 Å². The highest BCUT2D eigenvalue weighted by Gasteiger charge is 2.20. The van der Waals surface area contributed by atoms with E-state index in [1.165, 1.54) is 0 Å². The summed E-state index contributed by atoms with van der Waals surface area (Å²) in [6.07, 6.45) is 1.55. The van der Waals surface area contributed by atoms with E-state index in [-0.39, 0.29) is 29.3 Å². The number of likely N-dealkylation sites (N-methyl/N-ethyl adjacent to an activating group) is 1. The van der Waals surface area contributed by atoms with E-state index in [1.807, 2.05) is 37.3 Å². The molecule has 5 rings (SSSR count). The monoisotopic (exact) mass is 481 g/mol. The zero-order valence-electron chi connectivity index (χ0n) is 20.0. The van der Waals surface area contributed by atoms with Crippen LogP contribution in [0.4, 0.5) is 5.69 Å². The Kier molecular flexibility index (Phi) is 6.03. The first-order chi connectivity index (χ1) is 17.4. The summed E-state index contributed by atoms with van der Waals surface area (Å²) in [4.78, 5) is 37.1. The predicted octanol–water partition coefficient (Wildman–Crippen LogP) is 4.09. The van der Waals surface area contributed by atoms with Crippen molar-refractivity contribution in [1.82, 2.24) is 19.7 Å². The van der Waals surface area contributed by atoms with Crippen LogP contribution >= 0.6 is 0 Å². The number of para-hydroxylation sites is 1. The first kappa shape index (κ1) is 23.0. The summed E-state index contributed by atoms with van der Waals surface area (Å²) in [6, 6.07) is 20.0. The second-order valence-corrected chi connectivity index (χ2v) is 8.26. The second-order valence-electron chi connectivity index (χ2n) is 8.26. The van der Waals surface area contributed by atoms with Crippen molar-refractivity contribution in [2.45, 2.75) is 13.5 Å². The Balaban J connectivity index is 1.56. The molecule has 0 bridgehead atoms. The topological polar surface area (TPSA) is 103 Å². The lowest BCUT2D eigenvalue weighted by atomic mass is 10.1. The molecule has 3 aromatic heterocycles. The highest BCUT2D eigenvalue weighted by atomic mass is 16.5. The average molecular weight is 482 g/mol. The molecule has 3 heterocycles. The minimum Gasteiger partial charge on any atom is -0.497 e. The third kappa shape index (κ3) is 4.34. The number of aryl methyl sites for hydroxylation is 1. The normalized spacial score (nSPS) is 11.0. The lowest BCUT2D eigenvalue weighted by molar-refractivity contribution is -0.118. The van der Waals surface area contributed by atoms with Gasteiger partial charge in [-0.3, -0.25) is 9.59 Å². The summed E-state index contributed by atoms with van der Waals surface area (Å²) in [5, 5.41) is 4.41. The van der Waals surface area contributed by atoms with Crippen LogP contribution in [-0.4, -0.2) is 39.8 Å². The standard InChI is InChI=1S/C27H23N5O4/c1-17-9-14-21-24(34)22(27-29-25(30-36-27)18-10-12-20(35-3)13-11-18)15-32(26(21)28-17)16-23(33)31(2)19-7-5-4-6-8-19/h4-15H,16H2,1-3H3. The molecule has 9 heteroatoms.